The Morgan fingerprint density at radius 2 is 1.85 bits per heavy atom. The molecule has 1 atom stereocenters. The number of carbonyl (C=O) groups is 1. The Labute approximate surface area is 165 Å². The van der Waals surface area contributed by atoms with E-state index >= 15 is 0 Å². The predicted molar refractivity (Wildman–Crippen MR) is 109 cm³/mol. The average molecular weight is 389 g/mol. The van der Waals surface area contributed by atoms with E-state index < -0.39 is 0 Å². The first-order valence-electron chi connectivity index (χ1n) is 9.49. The van der Waals surface area contributed by atoms with Crippen LogP contribution in [0.15, 0.2) is 35.0 Å². The molecule has 5 nitrogen and oxygen atoms in total. The van der Waals surface area contributed by atoms with E-state index in [0.717, 1.165) is 13.1 Å². The number of nitrogens with zero attached hydrogens (tertiary/aromatic N) is 1. The van der Waals surface area contributed by atoms with E-state index in [9.17, 15) is 4.79 Å². The highest BCUT2D eigenvalue weighted by Gasteiger charge is 2.23. The van der Waals surface area contributed by atoms with E-state index in [1.54, 1.807) is 43.8 Å². The minimum Gasteiger partial charge on any atom is -0.493 e. The van der Waals surface area contributed by atoms with Crippen molar-refractivity contribution < 1.29 is 14.3 Å². The molecule has 1 aliphatic rings. The van der Waals surface area contributed by atoms with Gasteiger partial charge >= 0.3 is 0 Å². The topological polar surface area (TPSA) is 50.8 Å². The van der Waals surface area contributed by atoms with E-state index in [1.165, 1.54) is 31.2 Å². The molecule has 0 spiro atoms. The third-order valence-electron chi connectivity index (χ3n) is 5.11. The van der Waals surface area contributed by atoms with Crippen LogP contribution in [0.4, 0.5) is 0 Å². The summed E-state index contributed by atoms with van der Waals surface area (Å²) in [6, 6.07) is 7.64. The Kier molecular flexibility index (Phi) is 7.12. The van der Waals surface area contributed by atoms with Gasteiger partial charge in [0.2, 0.25) is 0 Å². The fourth-order valence-electron chi connectivity index (χ4n) is 3.60. The largest absolute Gasteiger partial charge is 0.493 e. The molecule has 0 bridgehead atoms. The molecule has 2 aromatic rings. The maximum Gasteiger partial charge on any atom is 0.251 e. The van der Waals surface area contributed by atoms with Crippen LogP contribution in [0.25, 0.3) is 0 Å². The zero-order valence-electron chi connectivity index (χ0n) is 16.1. The zero-order valence-corrected chi connectivity index (χ0v) is 16.9. The SMILES string of the molecule is COc1ccc(C(=O)NCC(c2ccsc2)N2CCCCCC2)cc1OC. The lowest BCUT2D eigenvalue weighted by molar-refractivity contribution is 0.0933. The van der Waals surface area contributed by atoms with Crippen LogP contribution in [0.3, 0.4) is 0 Å². The average Bonchev–Trinajstić information content (AvgIpc) is 3.10. The van der Waals surface area contributed by atoms with Gasteiger partial charge in [-0.2, -0.15) is 11.3 Å². The monoisotopic (exact) mass is 388 g/mol. The van der Waals surface area contributed by atoms with Crippen molar-refractivity contribution in [2.75, 3.05) is 33.9 Å². The van der Waals surface area contributed by atoms with Gasteiger partial charge in [-0.15, -0.1) is 0 Å². The van der Waals surface area contributed by atoms with Crippen molar-refractivity contribution in [3.05, 3.63) is 46.2 Å². The smallest absolute Gasteiger partial charge is 0.251 e. The van der Waals surface area contributed by atoms with Crippen molar-refractivity contribution in [3.8, 4) is 11.5 Å². The second kappa shape index (κ2) is 9.76. The van der Waals surface area contributed by atoms with Crippen molar-refractivity contribution in [3.63, 3.8) is 0 Å². The molecule has 146 valence electrons. The third kappa shape index (κ3) is 5.02. The van der Waals surface area contributed by atoms with Crippen LogP contribution >= 0.6 is 11.3 Å². The van der Waals surface area contributed by atoms with Crippen LogP contribution in [-0.4, -0.2) is 44.7 Å². The predicted octanol–water partition coefficient (Wildman–Crippen LogP) is 4.11. The Balaban J connectivity index is 1.70. The second-order valence-corrected chi connectivity index (χ2v) is 7.58. The van der Waals surface area contributed by atoms with E-state index in [0.29, 0.717) is 23.6 Å². The fourth-order valence-corrected chi connectivity index (χ4v) is 4.31. The van der Waals surface area contributed by atoms with Gasteiger partial charge in [0.1, 0.15) is 0 Å². The van der Waals surface area contributed by atoms with Gasteiger partial charge in [0.25, 0.3) is 5.91 Å². The van der Waals surface area contributed by atoms with Gasteiger partial charge in [-0.05, 0) is 66.5 Å². The van der Waals surface area contributed by atoms with Crippen LogP contribution in [0.2, 0.25) is 0 Å². The lowest BCUT2D eigenvalue weighted by Crippen LogP contribution is -2.38. The zero-order chi connectivity index (χ0) is 19.1. The molecule has 1 N–H and O–H groups in total. The molecule has 1 aliphatic heterocycles. The van der Waals surface area contributed by atoms with Gasteiger partial charge in [0.05, 0.1) is 20.3 Å². The molecule has 2 heterocycles. The molecule has 1 aromatic heterocycles. The van der Waals surface area contributed by atoms with Gasteiger partial charge in [-0.1, -0.05) is 12.8 Å². The highest BCUT2D eigenvalue weighted by Crippen LogP contribution is 2.28. The van der Waals surface area contributed by atoms with Crippen LogP contribution < -0.4 is 14.8 Å². The Morgan fingerprint density at radius 3 is 2.48 bits per heavy atom. The standard InChI is InChI=1S/C21H28N2O3S/c1-25-19-8-7-16(13-20(19)26-2)21(24)22-14-18(17-9-12-27-15-17)23-10-5-3-4-6-11-23/h7-9,12-13,15,18H,3-6,10-11,14H2,1-2H3,(H,22,24). The van der Waals surface area contributed by atoms with Gasteiger partial charge in [-0.3, -0.25) is 9.69 Å². The first-order valence-corrected chi connectivity index (χ1v) is 10.4. The van der Waals surface area contributed by atoms with Gasteiger partial charge in [0.15, 0.2) is 11.5 Å². The van der Waals surface area contributed by atoms with Gasteiger partial charge in [0, 0.05) is 12.1 Å². The van der Waals surface area contributed by atoms with Crippen molar-refractivity contribution in [1.29, 1.82) is 0 Å². The first kappa shape index (κ1) is 19.7. The molecule has 1 amide bonds. The fraction of sp³-hybridized carbons (Fsp3) is 0.476. The summed E-state index contributed by atoms with van der Waals surface area (Å²) in [6.45, 7) is 2.78. The lowest BCUT2D eigenvalue weighted by atomic mass is 10.1. The summed E-state index contributed by atoms with van der Waals surface area (Å²) in [5.41, 5.74) is 1.86. The van der Waals surface area contributed by atoms with Gasteiger partial charge in [-0.25, -0.2) is 0 Å². The van der Waals surface area contributed by atoms with Crippen molar-refractivity contribution in [1.82, 2.24) is 10.2 Å². The molecule has 1 unspecified atom stereocenters. The van der Waals surface area contributed by atoms with Crippen LogP contribution in [-0.2, 0) is 0 Å². The maximum absolute atomic E-state index is 12.7. The number of hydrogen-bond acceptors (Lipinski definition) is 5. The summed E-state index contributed by atoms with van der Waals surface area (Å²) in [7, 11) is 3.16. The van der Waals surface area contributed by atoms with Crippen LogP contribution in [0.1, 0.15) is 47.6 Å². The quantitative estimate of drug-likeness (QED) is 0.775. The summed E-state index contributed by atoms with van der Waals surface area (Å²) in [4.78, 5) is 15.2. The second-order valence-electron chi connectivity index (χ2n) is 6.80. The highest BCUT2D eigenvalue weighted by molar-refractivity contribution is 7.07. The van der Waals surface area contributed by atoms with Crippen LogP contribution in [0.5, 0.6) is 11.5 Å². The van der Waals surface area contributed by atoms with Crippen molar-refractivity contribution in [2.24, 2.45) is 0 Å². The number of carbonyl (C=O) groups excluding carboxylic acids is 1. The minimum atomic E-state index is -0.0917. The molecule has 27 heavy (non-hydrogen) atoms. The Bertz CT molecular complexity index is 725. The Hall–Kier alpha value is -2.05. The lowest BCUT2D eigenvalue weighted by Gasteiger charge is -2.30. The van der Waals surface area contributed by atoms with E-state index in [1.807, 2.05) is 0 Å². The normalized spacial score (nSPS) is 16.4. The third-order valence-corrected chi connectivity index (χ3v) is 5.81. The molecule has 6 heteroatoms. The molecular formula is C21H28N2O3S. The van der Waals surface area contributed by atoms with E-state index in [2.05, 4.69) is 27.0 Å². The molecule has 1 aromatic carbocycles. The number of nitrogens with one attached hydrogen (secondary N) is 1. The molecule has 0 radical (unpaired) electrons. The number of thiophene rings is 1. The molecule has 0 saturated carbocycles. The number of ether oxygens (including phenoxy) is 2. The van der Waals surface area contributed by atoms with Crippen LogP contribution in [0, 0.1) is 0 Å². The summed E-state index contributed by atoms with van der Waals surface area (Å²) in [5, 5.41) is 7.42. The Morgan fingerprint density at radius 1 is 1.11 bits per heavy atom. The number of methoxy groups -OCH3 is 2. The molecule has 0 aliphatic carbocycles. The number of hydrogen-bond donors (Lipinski definition) is 1. The van der Waals surface area contributed by atoms with Gasteiger partial charge < -0.3 is 14.8 Å². The maximum atomic E-state index is 12.7. The number of rotatable bonds is 7. The summed E-state index contributed by atoms with van der Waals surface area (Å²) in [6.07, 6.45) is 5.05. The highest BCUT2D eigenvalue weighted by atomic mass is 32.1. The van der Waals surface area contributed by atoms with Crippen molar-refractivity contribution in [2.45, 2.75) is 31.7 Å². The minimum absolute atomic E-state index is 0.0917. The number of amides is 1. The molecular weight excluding hydrogens is 360 g/mol. The molecule has 1 saturated heterocycles. The summed E-state index contributed by atoms with van der Waals surface area (Å²) >= 11 is 1.71. The van der Waals surface area contributed by atoms with Crippen molar-refractivity contribution >= 4 is 17.2 Å². The molecule has 1 fully saturated rings. The summed E-state index contributed by atoms with van der Waals surface area (Å²) < 4.78 is 10.6. The molecule has 3 rings (SSSR count). The summed E-state index contributed by atoms with van der Waals surface area (Å²) in [5.74, 6) is 1.09. The van der Waals surface area contributed by atoms with E-state index in [-0.39, 0.29) is 11.9 Å². The number of likely N-dealkylation sites (tertiary alicyclic amines) is 1. The van der Waals surface area contributed by atoms with E-state index in [4.69, 9.17) is 9.47 Å². The number of benzene rings is 1. The first-order chi connectivity index (χ1) is 13.2.